The number of rotatable bonds is 8. The second-order valence-corrected chi connectivity index (χ2v) is 6.59. The Morgan fingerprint density at radius 2 is 1.66 bits per heavy atom. The van der Waals surface area contributed by atoms with Crippen LogP contribution in [0, 0.1) is 6.92 Å². The Balaban J connectivity index is 1.86. The van der Waals surface area contributed by atoms with Gasteiger partial charge >= 0.3 is 0 Å². The van der Waals surface area contributed by atoms with Gasteiger partial charge in [0.15, 0.2) is 17.3 Å². The first-order chi connectivity index (χ1) is 14.1. The highest BCUT2D eigenvalue weighted by atomic mass is 16.5. The molecule has 0 atom stereocenters. The molecule has 0 fully saturated rings. The molecule has 0 aliphatic rings. The van der Waals surface area contributed by atoms with Gasteiger partial charge in [-0.15, -0.1) is 0 Å². The maximum Gasteiger partial charge on any atom is 0.189 e. The minimum atomic E-state index is -0.138. The third-order valence-electron chi connectivity index (χ3n) is 4.45. The molecule has 148 valence electrons. The minimum Gasteiger partial charge on any atom is -0.497 e. The quantitative estimate of drug-likeness (QED) is 0.378. The highest BCUT2D eigenvalue weighted by Gasteiger charge is 2.17. The molecular formula is C25H24O4. The third kappa shape index (κ3) is 5.26. The monoisotopic (exact) mass is 388 g/mol. The van der Waals surface area contributed by atoms with E-state index in [-0.39, 0.29) is 5.78 Å². The Hall–Kier alpha value is -3.53. The molecule has 0 aliphatic carbocycles. The number of ether oxygens (including phenoxy) is 3. The second kappa shape index (κ2) is 9.60. The Morgan fingerprint density at radius 3 is 2.31 bits per heavy atom. The van der Waals surface area contributed by atoms with Crippen LogP contribution in [-0.2, 0) is 6.61 Å². The van der Waals surface area contributed by atoms with E-state index in [1.54, 1.807) is 26.4 Å². The average Bonchev–Trinajstić information content (AvgIpc) is 2.77. The molecule has 0 aromatic heterocycles. The smallest absolute Gasteiger partial charge is 0.189 e. The SMILES string of the molecule is COc1ccc(COc2c(OC)cc(C)cc2C(=O)/C=C/c2ccccc2)cc1. The van der Waals surface area contributed by atoms with Crippen molar-refractivity contribution in [3.05, 3.63) is 95.1 Å². The number of allylic oxidation sites excluding steroid dienone is 1. The van der Waals surface area contributed by atoms with E-state index in [2.05, 4.69) is 0 Å². The summed E-state index contributed by atoms with van der Waals surface area (Å²) >= 11 is 0. The number of carbonyl (C=O) groups is 1. The molecule has 0 heterocycles. The number of benzene rings is 3. The fraction of sp³-hybridized carbons (Fsp3) is 0.160. The zero-order chi connectivity index (χ0) is 20.6. The van der Waals surface area contributed by atoms with Gasteiger partial charge in [0, 0.05) is 0 Å². The Morgan fingerprint density at radius 1 is 0.931 bits per heavy atom. The molecule has 0 bridgehead atoms. The van der Waals surface area contributed by atoms with Crippen LogP contribution in [0.15, 0.2) is 72.8 Å². The molecule has 0 saturated heterocycles. The molecule has 3 aromatic carbocycles. The van der Waals surface area contributed by atoms with Crippen LogP contribution in [0.5, 0.6) is 17.2 Å². The van der Waals surface area contributed by atoms with Crippen LogP contribution < -0.4 is 14.2 Å². The van der Waals surface area contributed by atoms with Gasteiger partial charge in [0.1, 0.15) is 12.4 Å². The summed E-state index contributed by atoms with van der Waals surface area (Å²) in [6, 6.07) is 21.0. The molecule has 4 nitrogen and oxygen atoms in total. The number of carbonyl (C=O) groups excluding carboxylic acids is 1. The summed E-state index contributed by atoms with van der Waals surface area (Å²) in [7, 11) is 3.20. The summed E-state index contributed by atoms with van der Waals surface area (Å²) in [5.41, 5.74) is 3.32. The van der Waals surface area contributed by atoms with Crippen LogP contribution in [0.25, 0.3) is 6.08 Å². The Kier molecular flexibility index (Phi) is 6.69. The van der Waals surface area contributed by atoms with Crippen molar-refractivity contribution < 1.29 is 19.0 Å². The van der Waals surface area contributed by atoms with Gasteiger partial charge in [-0.25, -0.2) is 0 Å². The van der Waals surface area contributed by atoms with E-state index >= 15 is 0 Å². The summed E-state index contributed by atoms with van der Waals surface area (Å²) in [4.78, 5) is 12.9. The van der Waals surface area contributed by atoms with Crippen molar-refractivity contribution >= 4 is 11.9 Å². The third-order valence-corrected chi connectivity index (χ3v) is 4.45. The first kappa shape index (κ1) is 20.2. The summed E-state index contributed by atoms with van der Waals surface area (Å²) in [5.74, 6) is 1.62. The minimum absolute atomic E-state index is 0.138. The van der Waals surface area contributed by atoms with Gasteiger partial charge in [0.2, 0.25) is 0 Å². The molecule has 0 saturated carbocycles. The van der Waals surface area contributed by atoms with E-state index in [0.717, 1.165) is 22.4 Å². The molecule has 0 unspecified atom stereocenters. The fourth-order valence-electron chi connectivity index (χ4n) is 2.93. The molecule has 0 aliphatic heterocycles. The van der Waals surface area contributed by atoms with Crippen molar-refractivity contribution in [1.82, 2.24) is 0 Å². The van der Waals surface area contributed by atoms with Gasteiger partial charge in [-0.05, 0) is 54.0 Å². The lowest BCUT2D eigenvalue weighted by Crippen LogP contribution is -2.05. The second-order valence-electron chi connectivity index (χ2n) is 6.59. The van der Waals surface area contributed by atoms with Crippen molar-refractivity contribution in [2.75, 3.05) is 14.2 Å². The fourth-order valence-corrected chi connectivity index (χ4v) is 2.93. The maximum atomic E-state index is 12.9. The van der Waals surface area contributed by atoms with Gasteiger partial charge in [-0.1, -0.05) is 48.5 Å². The average molecular weight is 388 g/mol. The Bertz CT molecular complexity index is 989. The molecule has 0 N–H and O–H groups in total. The topological polar surface area (TPSA) is 44.8 Å². The van der Waals surface area contributed by atoms with Crippen LogP contribution >= 0.6 is 0 Å². The van der Waals surface area contributed by atoms with E-state index in [0.29, 0.717) is 23.7 Å². The van der Waals surface area contributed by atoms with E-state index in [9.17, 15) is 4.79 Å². The van der Waals surface area contributed by atoms with Gasteiger partial charge < -0.3 is 14.2 Å². The molecule has 0 amide bonds. The molecule has 0 spiro atoms. The summed E-state index contributed by atoms with van der Waals surface area (Å²) in [6.07, 6.45) is 3.36. The summed E-state index contributed by atoms with van der Waals surface area (Å²) in [5, 5.41) is 0. The first-order valence-corrected chi connectivity index (χ1v) is 9.32. The Labute approximate surface area is 171 Å². The number of ketones is 1. The summed E-state index contributed by atoms with van der Waals surface area (Å²) < 4.78 is 16.7. The van der Waals surface area contributed by atoms with Gasteiger partial charge in [0.25, 0.3) is 0 Å². The zero-order valence-corrected chi connectivity index (χ0v) is 16.8. The van der Waals surface area contributed by atoms with Crippen molar-refractivity contribution in [2.45, 2.75) is 13.5 Å². The molecular weight excluding hydrogens is 364 g/mol. The molecule has 3 rings (SSSR count). The van der Waals surface area contributed by atoms with Crippen LogP contribution in [0.3, 0.4) is 0 Å². The predicted octanol–water partition coefficient (Wildman–Crippen LogP) is 5.49. The van der Waals surface area contributed by atoms with E-state index < -0.39 is 0 Å². The number of aryl methyl sites for hydroxylation is 1. The van der Waals surface area contributed by atoms with Crippen molar-refractivity contribution in [1.29, 1.82) is 0 Å². The normalized spacial score (nSPS) is 10.7. The van der Waals surface area contributed by atoms with Gasteiger partial charge in [-0.2, -0.15) is 0 Å². The standard InChI is InChI=1S/C25H24O4/c1-18-15-22(23(26)14-11-19-7-5-4-6-8-19)25(24(16-18)28-3)29-17-20-9-12-21(27-2)13-10-20/h4-16H,17H2,1-3H3/b14-11+. The van der Waals surface area contributed by atoms with Crippen LogP contribution in [0.4, 0.5) is 0 Å². The first-order valence-electron chi connectivity index (χ1n) is 9.32. The van der Waals surface area contributed by atoms with Crippen molar-refractivity contribution in [2.24, 2.45) is 0 Å². The molecule has 3 aromatic rings. The number of methoxy groups -OCH3 is 2. The van der Waals surface area contributed by atoms with Crippen molar-refractivity contribution in [3.8, 4) is 17.2 Å². The summed E-state index contributed by atoms with van der Waals surface area (Å²) in [6.45, 7) is 2.24. The molecule has 29 heavy (non-hydrogen) atoms. The number of hydrogen-bond donors (Lipinski definition) is 0. The van der Waals surface area contributed by atoms with E-state index in [4.69, 9.17) is 14.2 Å². The van der Waals surface area contributed by atoms with Crippen LogP contribution in [0.2, 0.25) is 0 Å². The largest absolute Gasteiger partial charge is 0.497 e. The molecule has 0 radical (unpaired) electrons. The highest BCUT2D eigenvalue weighted by molar-refractivity contribution is 6.09. The lowest BCUT2D eigenvalue weighted by molar-refractivity contribution is 0.104. The van der Waals surface area contributed by atoms with Gasteiger partial charge in [0.05, 0.1) is 19.8 Å². The predicted molar refractivity (Wildman–Crippen MR) is 115 cm³/mol. The van der Waals surface area contributed by atoms with Gasteiger partial charge in [-0.3, -0.25) is 4.79 Å². The maximum absolute atomic E-state index is 12.9. The lowest BCUT2D eigenvalue weighted by Gasteiger charge is -2.15. The lowest BCUT2D eigenvalue weighted by atomic mass is 10.0. The van der Waals surface area contributed by atoms with Crippen LogP contribution in [0.1, 0.15) is 27.0 Å². The van der Waals surface area contributed by atoms with E-state index in [1.165, 1.54) is 0 Å². The van der Waals surface area contributed by atoms with E-state index in [1.807, 2.05) is 73.7 Å². The van der Waals surface area contributed by atoms with Crippen molar-refractivity contribution in [3.63, 3.8) is 0 Å². The molecule has 4 heteroatoms. The highest BCUT2D eigenvalue weighted by Crippen LogP contribution is 2.34. The zero-order valence-electron chi connectivity index (χ0n) is 16.8. The van der Waals surface area contributed by atoms with Crippen LogP contribution in [-0.4, -0.2) is 20.0 Å². The number of hydrogen-bond acceptors (Lipinski definition) is 4.